The van der Waals surface area contributed by atoms with E-state index in [1.54, 1.807) is 7.11 Å². The second-order valence-corrected chi connectivity index (χ2v) is 3.55. The van der Waals surface area contributed by atoms with E-state index in [9.17, 15) is 0 Å². The normalized spacial score (nSPS) is 11.2. The van der Waals surface area contributed by atoms with Gasteiger partial charge in [0.05, 0.1) is 6.61 Å². The van der Waals surface area contributed by atoms with Gasteiger partial charge in [0.25, 0.3) is 0 Å². The highest BCUT2D eigenvalue weighted by atomic mass is 79.9. The number of rotatable bonds is 9. The Labute approximate surface area is 89.4 Å². The Bertz CT molecular complexity index is 115. The fourth-order valence-electron chi connectivity index (χ4n) is 0.886. The molecule has 78 valence electrons. The SMILES string of the molecule is COCOCCC=CCCCCBr. The molecule has 0 saturated heterocycles. The van der Waals surface area contributed by atoms with Gasteiger partial charge in [0.15, 0.2) is 0 Å². The van der Waals surface area contributed by atoms with Crippen molar-refractivity contribution in [2.45, 2.75) is 25.7 Å². The van der Waals surface area contributed by atoms with Crippen LogP contribution in [0.2, 0.25) is 0 Å². The first-order valence-corrected chi connectivity index (χ1v) is 5.81. The Morgan fingerprint density at radius 3 is 2.62 bits per heavy atom. The van der Waals surface area contributed by atoms with Crippen LogP contribution in [0.15, 0.2) is 12.2 Å². The second kappa shape index (κ2) is 12.1. The molecule has 0 aromatic heterocycles. The summed E-state index contributed by atoms with van der Waals surface area (Å²) in [6.45, 7) is 1.15. The van der Waals surface area contributed by atoms with E-state index in [0.717, 1.165) is 18.4 Å². The first-order chi connectivity index (χ1) is 6.41. The molecule has 0 unspecified atom stereocenters. The number of methoxy groups -OCH3 is 1. The van der Waals surface area contributed by atoms with Crippen LogP contribution < -0.4 is 0 Å². The Hall–Kier alpha value is 0.140. The number of ether oxygens (including phenoxy) is 2. The first-order valence-electron chi connectivity index (χ1n) is 4.69. The summed E-state index contributed by atoms with van der Waals surface area (Å²) in [5.41, 5.74) is 0. The maximum absolute atomic E-state index is 5.13. The molecule has 0 N–H and O–H groups in total. The molecule has 0 radical (unpaired) electrons. The summed E-state index contributed by atoms with van der Waals surface area (Å²) in [5, 5.41) is 1.11. The molecule has 0 bridgehead atoms. The predicted molar refractivity (Wildman–Crippen MR) is 59.2 cm³/mol. The fraction of sp³-hybridized carbons (Fsp3) is 0.800. The summed E-state index contributed by atoms with van der Waals surface area (Å²) in [7, 11) is 1.64. The van der Waals surface area contributed by atoms with E-state index in [0.29, 0.717) is 6.79 Å². The van der Waals surface area contributed by atoms with E-state index < -0.39 is 0 Å². The van der Waals surface area contributed by atoms with Crippen molar-refractivity contribution in [3.05, 3.63) is 12.2 Å². The standard InChI is InChI=1S/C10H19BrO2/c1-12-10-13-9-7-5-3-2-4-6-8-11/h3,5H,2,4,6-10H2,1H3. The molecule has 0 amide bonds. The summed E-state index contributed by atoms with van der Waals surface area (Å²) >= 11 is 3.40. The minimum Gasteiger partial charge on any atom is -0.359 e. The van der Waals surface area contributed by atoms with Gasteiger partial charge in [0, 0.05) is 12.4 Å². The molecule has 0 atom stereocenters. The molecule has 0 spiro atoms. The van der Waals surface area contributed by atoms with Gasteiger partial charge in [-0.1, -0.05) is 28.1 Å². The lowest BCUT2D eigenvalue weighted by Crippen LogP contribution is -1.96. The lowest BCUT2D eigenvalue weighted by Gasteiger charge is -1.98. The maximum atomic E-state index is 5.13. The largest absolute Gasteiger partial charge is 0.359 e. The summed E-state index contributed by atoms with van der Waals surface area (Å²) in [6, 6.07) is 0. The van der Waals surface area contributed by atoms with Gasteiger partial charge in [0.2, 0.25) is 0 Å². The number of hydrogen-bond acceptors (Lipinski definition) is 2. The summed E-state index contributed by atoms with van der Waals surface area (Å²) in [4.78, 5) is 0. The third-order valence-electron chi connectivity index (χ3n) is 1.55. The van der Waals surface area contributed by atoms with Crippen LogP contribution in [-0.2, 0) is 9.47 Å². The van der Waals surface area contributed by atoms with Gasteiger partial charge in [-0.15, -0.1) is 0 Å². The topological polar surface area (TPSA) is 18.5 Å². The zero-order valence-corrected chi connectivity index (χ0v) is 9.88. The molecule has 0 heterocycles. The molecular weight excluding hydrogens is 232 g/mol. The zero-order valence-electron chi connectivity index (χ0n) is 8.30. The Kier molecular flexibility index (Phi) is 12.3. The van der Waals surface area contributed by atoms with E-state index in [1.807, 2.05) is 0 Å². The van der Waals surface area contributed by atoms with Gasteiger partial charge in [-0.25, -0.2) is 0 Å². The van der Waals surface area contributed by atoms with Crippen molar-refractivity contribution >= 4 is 15.9 Å². The van der Waals surface area contributed by atoms with Crippen molar-refractivity contribution in [3.8, 4) is 0 Å². The summed E-state index contributed by atoms with van der Waals surface area (Å²) in [5.74, 6) is 0. The molecule has 0 aromatic carbocycles. The van der Waals surface area contributed by atoms with Crippen molar-refractivity contribution in [2.24, 2.45) is 0 Å². The van der Waals surface area contributed by atoms with Crippen molar-refractivity contribution < 1.29 is 9.47 Å². The van der Waals surface area contributed by atoms with Crippen LogP contribution in [-0.4, -0.2) is 25.8 Å². The molecule has 13 heavy (non-hydrogen) atoms. The van der Waals surface area contributed by atoms with Crippen molar-refractivity contribution in [3.63, 3.8) is 0 Å². The lowest BCUT2D eigenvalue weighted by atomic mass is 10.2. The summed E-state index contributed by atoms with van der Waals surface area (Å²) < 4.78 is 9.88. The quantitative estimate of drug-likeness (QED) is 0.271. The van der Waals surface area contributed by atoms with E-state index >= 15 is 0 Å². The number of allylic oxidation sites excluding steroid dienone is 1. The van der Waals surface area contributed by atoms with Crippen LogP contribution in [0.1, 0.15) is 25.7 Å². The van der Waals surface area contributed by atoms with Gasteiger partial charge in [-0.3, -0.25) is 0 Å². The predicted octanol–water partition coefficient (Wildman–Crippen LogP) is 3.12. The van der Waals surface area contributed by atoms with Gasteiger partial charge in [-0.05, 0) is 25.7 Å². The van der Waals surface area contributed by atoms with Gasteiger partial charge >= 0.3 is 0 Å². The van der Waals surface area contributed by atoms with E-state index in [4.69, 9.17) is 9.47 Å². The molecule has 0 rings (SSSR count). The number of unbranched alkanes of at least 4 members (excludes halogenated alkanes) is 2. The summed E-state index contributed by atoms with van der Waals surface area (Å²) in [6.07, 6.45) is 9.07. The third kappa shape index (κ3) is 12.1. The molecule has 0 aromatic rings. The number of hydrogen-bond donors (Lipinski definition) is 0. The molecule has 2 nitrogen and oxygen atoms in total. The lowest BCUT2D eigenvalue weighted by molar-refractivity contribution is -0.0285. The van der Waals surface area contributed by atoms with Crippen LogP contribution in [0.4, 0.5) is 0 Å². The molecule has 3 heteroatoms. The zero-order chi connectivity index (χ0) is 9.78. The molecule has 0 fully saturated rings. The van der Waals surface area contributed by atoms with Crippen LogP contribution >= 0.6 is 15.9 Å². The molecule has 0 aliphatic rings. The smallest absolute Gasteiger partial charge is 0.146 e. The molecular formula is C10H19BrO2. The third-order valence-corrected chi connectivity index (χ3v) is 2.11. The molecule has 0 saturated carbocycles. The number of alkyl halides is 1. The van der Waals surface area contributed by atoms with E-state index in [1.165, 1.54) is 19.3 Å². The Morgan fingerprint density at radius 1 is 1.15 bits per heavy atom. The van der Waals surface area contributed by atoms with Crippen LogP contribution in [0.25, 0.3) is 0 Å². The molecule has 0 aliphatic carbocycles. The highest BCUT2D eigenvalue weighted by Crippen LogP contribution is 1.99. The van der Waals surface area contributed by atoms with E-state index in [2.05, 4.69) is 28.1 Å². The van der Waals surface area contributed by atoms with Gasteiger partial charge < -0.3 is 9.47 Å². The first kappa shape index (κ1) is 13.1. The fourth-order valence-corrected chi connectivity index (χ4v) is 1.28. The average molecular weight is 251 g/mol. The monoisotopic (exact) mass is 250 g/mol. The van der Waals surface area contributed by atoms with Crippen molar-refractivity contribution in [1.29, 1.82) is 0 Å². The Morgan fingerprint density at radius 2 is 1.92 bits per heavy atom. The van der Waals surface area contributed by atoms with Crippen LogP contribution in [0.3, 0.4) is 0 Å². The van der Waals surface area contributed by atoms with Gasteiger partial charge in [-0.2, -0.15) is 0 Å². The Balaban J connectivity index is 2.95. The number of halogens is 1. The van der Waals surface area contributed by atoms with Crippen LogP contribution in [0, 0.1) is 0 Å². The average Bonchev–Trinajstić information content (AvgIpc) is 2.16. The van der Waals surface area contributed by atoms with E-state index in [-0.39, 0.29) is 0 Å². The van der Waals surface area contributed by atoms with Crippen LogP contribution in [0.5, 0.6) is 0 Å². The highest BCUT2D eigenvalue weighted by Gasteiger charge is 1.84. The second-order valence-electron chi connectivity index (χ2n) is 2.76. The van der Waals surface area contributed by atoms with Crippen molar-refractivity contribution in [1.82, 2.24) is 0 Å². The van der Waals surface area contributed by atoms with Gasteiger partial charge in [0.1, 0.15) is 6.79 Å². The molecule has 0 aliphatic heterocycles. The highest BCUT2D eigenvalue weighted by molar-refractivity contribution is 9.09. The van der Waals surface area contributed by atoms with Crippen molar-refractivity contribution in [2.75, 3.05) is 25.8 Å². The minimum absolute atomic E-state index is 0.400. The minimum atomic E-state index is 0.400. The maximum Gasteiger partial charge on any atom is 0.146 e.